The number of carbonyl (C=O) groups is 2. The van der Waals surface area contributed by atoms with Crippen molar-refractivity contribution >= 4 is 28.4 Å². The fraction of sp³-hybridized carbons (Fsp3) is 0.292. The molecular weight excluding hydrogens is 376 g/mol. The highest BCUT2D eigenvalue weighted by Crippen LogP contribution is 2.20. The minimum atomic E-state index is -0.0210. The summed E-state index contributed by atoms with van der Waals surface area (Å²) < 4.78 is 0. The maximum atomic E-state index is 13.1. The molecule has 2 heterocycles. The van der Waals surface area contributed by atoms with Gasteiger partial charge in [-0.2, -0.15) is 0 Å². The van der Waals surface area contributed by atoms with Gasteiger partial charge in [-0.3, -0.25) is 19.5 Å². The predicted octanol–water partition coefficient (Wildman–Crippen LogP) is 3.25. The van der Waals surface area contributed by atoms with Gasteiger partial charge in [-0.05, 0) is 37.1 Å². The Morgan fingerprint density at radius 2 is 1.63 bits per heavy atom. The smallest absolute Gasteiger partial charge is 0.254 e. The third-order valence-electron chi connectivity index (χ3n) is 5.65. The minimum absolute atomic E-state index is 0.0210. The average Bonchev–Trinajstić information content (AvgIpc) is 2.76. The Morgan fingerprint density at radius 3 is 2.37 bits per heavy atom. The van der Waals surface area contributed by atoms with Crippen molar-refractivity contribution in [2.45, 2.75) is 13.8 Å². The molecular formula is C24H26N4O2. The molecule has 154 valence electrons. The molecule has 30 heavy (non-hydrogen) atoms. The van der Waals surface area contributed by atoms with Crippen LogP contribution in [0.15, 0.2) is 54.7 Å². The van der Waals surface area contributed by atoms with Gasteiger partial charge in [0.25, 0.3) is 5.91 Å². The summed E-state index contributed by atoms with van der Waals surface area (Å²) in [5.41, 5.74) is 4.51. The molecule has 1 aliphatic heterocycles. The summed E-state index contributed by atoms with van der Waals surface area (Å²) in [4.78, 5) is 33.9. The van der Waals surface area contributed by atoms with Crippen LogP contribution in [-0.2, 0) is 4.79 Å². The Bertz CT molecular complexity index is 1060. The number of aryl methyl sites for hydroxylation is 2. The predicted molar refractivity (Wildman–Crippen MR) is 119 cm³/mol. The second kappa shape index (κ2) is 8.63. The van der Waals surface area contributed by atoms with E-state index in [0.29, 0.717) is 38.3 Å². The molecule has 1 N–H and O–H groups in total. The molecule has 0 radical (unpaired) electrons. The number of piperazine rings is 1. The van der Waals surface area contributed by atoms with E-state index >= 15 is 0 Å². The number of pyridine rings is 1. The van der Waals surface area contributed by atoms with E-state index in [2.05, 4.69) is 15.2 Å². The van der Waals surface area contributed by atoms with Gasteiger partial charge in [-0.1, -0.05) is 36.4 Å². The number of amides is 2. The third-order valence-corrected chi connectivity index (χ3v) is 5.65. The molecule has 6 heteroatoms. The van der Waals surface area contributed by atoms with Crippen molar-refractivity contribution in [3.05, 3.63) is 71.4 Å². The van der Waals surface area contributed by atoms with Crippen molar-refractivity contribution in [3.8, 4) is 0 Å². The average molecular weight is 402 g/mol. The Morgan fingerprint density at radius 1 is 0.933 bits per heavy atom. The monoisotopic (exact) mass is 402 g/mol. The van der Waals surface area contributed by atoms with Crippen molar-refractivity contribution in [2.24, 2.45) is 0 Å². The lowest BCUT2D eigenvalue weighted by Crippen LogP contribution is -2.50. The molecule has 1 saturated heterocycles. The molecule has 0 spiro atoms. The van der Waals surface area contributed by atoms with Gasteiger partial charge in [0.05, 0.1) is 17.6 Å². The van der Waals surface area contributed by atoms with Gasteiger partial charge in [-0.25, -0.2) is 0 Å². The second-order valence-electron chi connectivity index (χ2n) is 7.76. The van der Waals surface area contributed by atoms with Crippen LogP contribution in [0.4, 0.5) is 5.69 Å². The first-order valence-corrected chi connectivity index (χ1v) is 10.2. The van der Waals surface area contributed by atoms with E-state index < -0.39 is 0 Å². The molecule has 6 nitrogen and oxygen atoms in total. The zero-order chi connectivity index (χ0) is 21.1. The van der Waals surface area contributed by atoms with Crippen molar-refractivity contribution in [3.63, 3.8) is 0 Å². The standard InChI is InChI=1S/C24H26N4O2/c1-17-6-5-7-18(2)23(17)26-22(29)16-27-12-14-28(15-13-27)24(30)20-10-11-25-21-9-4-3-8-19(20)21/h3-11H,12-16H2,1-2H3,(H,26,29). The highest BCUT2D eigenvalue weighted by atomic mass is 16.2. The molecule has 0 unspecified atom stereocenters. The molecule has 0 saturated carbocycles. The number of anilines is 1. The van der Waals surface area contributed by atoms with E-state index in [1.54, 1.807) is 12.3 Å². The molecule has 4 rings (SSSR count). The fourth-order valence-corrected chi connectivity index (χ4v) is 3.96. The lowest BCUT2D eigenvalue weighted by Gasteiger charge is -2.34. The van der Waals surface area contributed by atoms with Crippen molar-refractivity contribution in [2.75, 3.05) is 38.0 Å². The number of fused-ring (bicyclic) bond motifs is 1. The van der Waals surface area contributed by atoms with Crippen LogP contribution in [0.3, 0.4) is 0 Å². The number of benzene rings is 2. The summed E-state index contributed by atoms with van der Waals surface area (Å²) in [6.45, 7) is 6.88. The summed E-state index contributed by atoms with van der Waals surface area (Å²) in [6, 6.07) is 15.5. The molecule has 0 aliphatic carbocycles. The van der Waals surface area contributed by atoms with E-state index in [1.807, 2.05) is 61.2 Å². The number of hydrogen-bond donors (Lipinski definition) is 1. The summed E-state index contributed by atoms with van der Waals surface area (Å²) in [5.74, 6) is 0.000501. The molecule has 2 aromatic carbocycles. The van der Waals surface area contributed by atoms with E-state index in [1.165, 1.54) is 0 Å². The first-order valence-electron chi connectivity index (χ1n) is 10.2. The van der Waals surface area contributed by atoms with Crippen LogP contribution in [0.2, 0.25) is 0 Å². The number of nitrogens with one attached hydrogen (secondary N) is 1. The Kier molecular flexibility index (Phi) is 5.77. The third kappa shape index (κ3) is 4.19. The Balaban J connectivity index is 1.36. The maximum Gasteiger partial charge on any atom is 0.254 e. The molecule has 2 amide bonds. The first kappa shape index (κ1) is 20.0. The Labute approximate surface area is 176 Å². The van der Waals surface area contributed by atoms with Gasteiger partial charge in [0.2, 0.25) is 5.91 Å². The fourth-order valence-electron chi connectivity index (χ4n) is 3.96. The van der Waals surface area contributed by atoms with Crippen molar-refractivity contribution < 1.29 is 9.59 Å². The van der Waals surface area contributed by atoms with Crippen LogP contribution in [0.25, 0.3) is 10.9 Å². The highest BCUT2D eigenvalue weighted by Gasteiger charge is 2.24. The normalized spacial score (nSPS) is 14.7. The zero-order valence-electron chi connectivity index (χ0n) is 17.4. The Hall–Kier alpha value is -3.25. The molecule has 1 aliphatic rings. The molecule has 1 fully saturated rings. The van der Waals surface area contributed by atoms with E-state index in [4.69, 9.17) is 0 Å². The number of carbonyl (C=O) groups excluding carboxylic acids is 2. The van der Waals surface area contributed by atoms with Crippen LogP contribution in [-0.4, -0.2) is 59.3 Å². The largest absolute Gasteiger partial charge is 0.336 e. The lowest BCUT2D eigenvalue weighted by atomic mass is 10.1. The van der Waals surface area contributed by atoms with Gasteiger partial charge in [0.15, 0.2) is 0 Å². The number of rotatable bonds is 4. The summed E-state index contributed by atoms with van der Waals surface area (Å²) in [6.07, 6.45) is 1.68. The van der Waals surface area contributed by atoms with Gasteiger partial charge in [0, 0.05) is 43.4 Å². The molecule has 3 aromatic rings. The number of para-hydroxylation sites is 2. The number of aromatic nitrogens is 1. The SMILES string of the molecule is Cc1cccc(C)c1NC(=O)CN1CCN(C(=O)c2ccnc3ccccc23)CC1. The van der Waals surface area contributed by atoms with Crippen LogP contribution >= 0.6 is 0 Å². The first-order chi connectivity index (χ1) is 14.5. The molecule has 0 atom stereocenters. The van der Waals surface area contributed by atoms with E-state index in [0.717, 1.165) is 27.7 Å². The van der Waals surface area contributed by atoms with Crippen LogP contribution in [0.5, 0.6) is 0 Å². The molecule has 1 aromatic heterocycles. The van der Waals surface area contributed by atoms with Gasteiger partial charge in [0.1, 0.15) is 0 Å². The number of hydrogen-bond acceptors (Lipinski definition) is 4. The second-order valence-corrected chi connectivity index (χ2v) is 7.76. The topological polar surface area (TPSA) is 65.5 Å². The van der Waals surface area contributed by atoms with E-state index in [-0.39, 0.29) is 11.8 Å². The van der Waals surface area contributed by atoms with Crippen molar-refractivity contribution in [1.29, 1.82) is 0 Å². The van der Waals surface area contributed by atoms with Gasteiger partial charge >= 0.3 is 0 Å². The summed E-state index contributed by atoms with van der Waals surface area (Å²) >= 11 is 0. The number of nitrogens with zero attached hydrogens (tertiary/aromatic N) is 3. The lowest BCUT2D eigenvalue weighted by molar-refractivity contribution is -0.117. The molecule has 0 bridgehead atoms. The quantitative estimate of drug-likeness (QED) is 0.728. The maximum absolute atomic E-state index is 13.1. The minimum Gasteiger partial charge on any atom is -0.336 e. The van der Waals surface area contributed by atoms with Gasteiger partial charge < -0.3 is 10.2 Å². The summed E-state index contributed by atoms with van der Waals surface area (Å²) in [7, 11) is 0. The van der Waals surface area contributed by atoms with Crippen LogP contribution in [0, 0.1) is 13.8 Å². The van der Waals surface area contributed by atoms with Gasteiger partial charge in [-0.15, -0.1) is 0 Å². The van der Waals surface area contributed by atoms with Crippen LogP contribution < -0.4 is 5.32 Å². The highest BCUT2D eigenvalue weighted by molar-refractivity contribution is 6.06. The van der Waals surface area contributed by atoms with E-state index in [9.17, 15) is 9.59 Å². The van der Waals surface area contributed by atoms with Crippen LogP contribution in [0.1, 0.15) is 21.5 Å². The summed E-state index contributed by atoms with van der Waals surface area (Å²) in [5, 5.41) is 3.91. The zero-order valence-corrected chi connectivity index (χ0v) is 17.4. The van der Waals surface area contributed by atoms with Crippen molar-refractivity contribution in [1.82, 2.24) is 14.8 Å².